The normalized spacial score (nSPS) is 11.2. The molecule has 0 aliphatic heterocycles. The van der Waals surface area contributed by atoms with Crippen LogP contribution in [-0.4, -0.2) is 0 Å². The van der Waals surface area contributed by atoms with Crippen LogP contribution in [0.25, 0.3) is 20.2 Å². The summed E-state index contributed by atoms with van der Waals surface area (Å²) < 4.78 is 1.83. The molecule has 0 aliphatic rings. The molecule has 0 spiro atoms. The minimum atomic E-state index is 0.00733. The van der Waals surface area contributed by atoms with Gasteiger partial charge in [-0.05, 0) is 24.3 Å². The lowest BCUT2D eigenvalue weighted by Crippen LogP contribution is -2.00. The van der Waals surface area contributed by atoms with Crippen molar-refractivity contribution >= 4 is 54.7 Å². The number of hydrogen-bond donors (Lipinski definition) is 0. The predicted octanol–water partition coefficient (Wildman–Crippen LogP) is 4.72. The second kappa shape index (κ2) is 3.98. The largest absolute Gasteiger partial charge is 0.289 e. The number of halogens is 2. The van der Waals surface area contributed by atoms with Crippen molar-refractivity contribution in [1.82, 2.24) is 0 Å². The zero-order valence-corrected chi connectivity index (χ0v) is 10.9. The molecule has 0 bridgehead atoms. The standard InChI is InChI=1S/C13H6Cl2OS/c14-9-5-8-12(6-10(9)15)17-11-4-2-1-3-7(11)13(8)16/h1-6H. The van der Waals surface area contributed by atoms with E-state index in [1.807, 2.05) is 24.3 Å². The zero-order chi connectivity index (χ0) is 12.0. The van der Waals surface area contributed by atoms with Crippen LogP contribution < -0.4 is 5.43 Å². The van der Waals surface area contributed by atoms with Crippen LogP contribution in [0.5, 0.6) is 0 Å². The van der Waals surface area contributed by atoms with Gasteiger partial charge >= 0.3 is 0 Å². The van der Waals surface area contributed by atoms with E-state index in [0.29, 0.717) is 15.4 Å². The number of rotatable bonds is 0. The smallest absolute Gasteiger partial charge is 0.195 e. The van der Waals surface area contributed by atoms with Crippen LogP contribution in [0.15, 0.2) is 41.2 Å². The fraction of sp³-hybridized carbons (Fsp3) is 0. The Morgan fingerprint density at radius 3 is 2.41 bits per heavy atom. The van der Waals surface area contributed by atoms with Gasteiger partial charge in [0.15, 0.2) is 5.43 Å². The van der Waals surface area contributed by atoms with Gasteiger partial charge in [0.25, 0.3) is 0 Å². The summed E-state index contributed by atoms with van der Waals surface area (Å²) in [5.74, 6) is 0. The van der Waals surface area contributed by atoms with Crippen LogP contribution in [0.4, 0.5) is 0 Å². The number of benzene rings is 2. The molecule has 1 nitrogen and oxygen atoms in total. The molecular formula is C13H6Cl2OS. The maximum absolute atomic E-state index is 12.3. The highest BCUT2D eigenvalue weighted by Crippen LogP contribution is 2.31. The average Bonchev–Trinajstić information content (AvgIpc) is 2.32. The van der Waals surface area contributed by atoms with Crippen LogP contribution in [0.3, 0.4) is 0 Å². The highest BCUT2D eigenvalue weighted by molar-refractivity contribution is 7.24. The molecule has 0 N–H and O–H groups in total. The summed E-state index contributed by atoms with van der Waals surface area (Å²) in [6.07, 6.45) is 0. The fourth-order valence-electron chi connectivity index (χ4n) is 1.80. The summed E-state index contributed by atoms with van der Waals surface area (Å²) in [6, 6.07) is 10.9. The first-order chi connectivity index (χ1) is 8.16. The van der Waals surface area contributed by atoms with Gasteiger partial charge in [0.1, 0.15) is 0 Å². The van der Waals surface area contributed by atoms with Gasteiger partial charge < -0.3 is 0 Å². The Bertz CT molecular complexity index is 792. The highest BCUT2D eigenvalue weighted by atomic mass is 35.5. The molecule has 0 fully saturated rings. The molecular weight excluding hydrogens is 275 g/mol. The van der Waals surface area contributed by atoms with E-state index in [1.165, 1.54) is 0 Å². The second-order valence-electron chi connectivity index (χ2n) is 3.69. The molecule has 0 radical (unpaired) electrons. The molecule has 17 heavy (non-hydrogen) atoms. The van der Waals surface area contributed by atoms with Crippen LogP contribution in [0.1, 0.15) is 0 Å². The van der Waals surface area contributed by atoms with Crippen molar-refractivity contribution in [2.75, 3.05) is 0 Å². The third kappa shape index (κ3) is 1.73. The van der Waals surface area contributed by atoms with E-state index in [0.717, 1.165) is 14.8 Å². The molecule has 4 heteroatoms. The molecule has 2 aromatic carbocycles. The van der Waals surface area contributed by atoms with Gasteiger partial charge in [-0.3, -0.25) is 4.79 Å². The Labute approximate surface area is 111 Å². The molecule has 0 saturated heterocycles. The maximum Gasteiger partial charge on any atom is 0.195 e. The SMILES string of the molecule is O=c1c2ccccc2sc2cc(Cl)c(Cl)cc12. The Hall–Kier alpha value is -1.09. The Balaban J connectivity index is 2.60. The van der Waals surface area contributed by atoms with Crippen LogP contribution >= 0.6 is 34.5 Å². The first kappa shape index (κ1) is 11.0. The average molecular weight is 281 g/mol. The maximum atomic E-state index is 12.3. The number of hydrogen-bond acceptors (Lipinski definition) is 2. The van der Waals surface area contributed by atoms with Crippen molar-refractivity contribution < 1.29 is 0 Å². The van der Waals surface area contributed by atoms with Crippen molar-refractivity contribution in [2.45, 2.75) is 0 Å². The van der Waals surface area contributed by atoms with Crippen LogP contribution in [-0.2, 0) is 0 Å². The lowest BCUT2D eigenvalue weighted by molar-refractivity contribution is 1.74. The van der Waals surface area contributed by atoms with E-state index in [-0.39, 0.29) is 5.43 Å². The van der Waals surface area contributed by atoms with E-state index in [1.54, 1.807) is 23.5 Å². The third-order valence-electron chi connectivity index (χ3n) is 2.62. The summed E-state index contributed by atoms with van der Waals surface area (Å²) in [5.41, 5.74) is 0.00733. The molecule has 84 valence electrons. The van der Waals surface area contributed by atoms with Crippen LogP contribution in [0.2, 0.25) is 10.0 Å². The summed E-state index contributed by atoms with van der Waals surface area (Å²) in [6.45, 7) is 0. The molecule has 3 aromatic rings. The summed E-state index contributed by atoms with van der Waals surface area (Å²) in [4.78, 5) is 12.3. The van der Waals surface area contributed by atoms with E-state index in [4.69, 9.17) is 23.2 Å². The Morgan fingerprint density at radius 1 is 0.882 bits per heavy atom. The summed E-state index contributed by atoms with van der Waals surface area (Å²) >= 11 is 13.5. The van der Waals surface area contributed by atoms with Crippen LogP contribution in [0, 0.1) is 0 Å². The van der Waals surface area contributed by atoms with Crippen molar-refractivity contribution in [2.24, 2.45) is 0 Å². The van der Waals surface area contributed by atoms with Crippen molar-refractivity contribution in [3.8, 4) is 0 Å². The summed E-state index contributed by atoms with van der Waals surface area (Å²) in [7, 11) is 0. The zero-order valence-electron chi connectivity index (χ0n) is 8.54. The topological polar surface area (TPSA) is 17.1 Å². The summed E-state index contributed by atoms with van der Waals surface area (Å²) in [5, 5.41) is 2.25. The molecule has 0 atom stereocenters. The monoisotopic (exact) mass is 280 g/mol. The fourth-order valence-corrected chi connectivity index (χ4v) is 3.28. The van der Waals surface area contributed by atoms with Gasteiger partial charge in [-0.15, -0.1) is 11.3 Å². The third-order valence-corrected chi connectivity index (χ3v) is 4.47. The van der Waals surface area contributed by atoms with Gasteiger partial charge in [-0.25, -0.2) is 0 Å². The molecule has 3 rings (SSSR count). The quantitative estimate of drug-likeness (QED) is 0.545. The van der Waals surface area contributed by atoms with E-state index in [9.17, 15) is 4.79 Å². The van der Waals surface area contributed by atoms with Gasteiger partial charge in [0, 0.05) is 20.2 Å². The van der Waals surface area contributed by atoms with Crippen molar-refractivity contribution in [3.63, 3.8) is 0 Å². The van der Waals surface area contributed by atoms with E-state index >= 15 is 0 Å². The Morgan fingerprint density at radius 2 is 1.59 bits per heavy atom. The van der Waals surface area contributed by atoms with E-state index < -0.39 is 0 Å². The Kier molecular flexibility index (Phi) is 2.58. The van der Waals surface area contributed by atoms with Gasteiger partial charge in [0.2, 0.25) is 0 Å². The highest BCUT2D eigenvalue weighted by Gasteiger charge is 2.08. The molecule has 0 amide bonds. The van der Waals surface area contributed by atoms with Crippen molar-refractivity contribution in [3.05, 3.63) is 56.7 Å². The predicted molar refractivity (Wildman–Crippen MR) is 75.6 cm³/mol. The molecule has 0 unspecified atom stereocenters. The lowest BCUT2D eigenvalue weighted by atomic mass is 10.2. The van der Waals surface area contributed by atoms with Gasteiger partial charge in [0.05, 0.1) is 10.0 Å². The van der Waals surface area contributed by atoms with Gasteiger partial charge in [-0.1, -0.05) is 35.3 Å². The van der Waals surface area contributed by atoms with E-state index in [2.05, 4.69) is 0 Å². The van der Waals surface area contributed by atoms with Gasteiger partial charge in [-0.2, -0.15) is 0 Å². The number of fused-ring (bicyclic) bond motifs is 2. The molecule has 0 aliphatic carbocycles. The minimum Gasteiger partial charge on any atom is -0.289 e. The minimum absolute atomic E-state index is 0.00733. The molecule has 1 aromatic heterocycles. The van der Waals surface area contributed by atoms with Crippen molar-refractivity contribution in [1.29, 1.82) is 0 Å². The molecule has 0 saturated carbocycles. The molecule has 1 heterocycles. The first-order valence-electron chi connectivity index (χ1n) is 4.97. The lowest BCUT2D eigenvalue weighted by Gasteiger charge is -2.02. The second-order valence-corrected chi connectivity index (χ2v) is 5.59. The first-order valence-corrected chi connectivity index (χ1v) is 6.54.